The van der Waals surface area contributed by atoms with E-state index in [1.54, 1.807) is 0 Å². The van der Waals surface area contributed by atoms with Crippen LogP contribution in [-0.4, -0.2) is 18.6 Å². The van der Waals surface area contributed by atoms with Crippen molar-refractivity contribution < 1.29 is 0 Å². The molecule has 2 nitrogen and oxygen atoms in total. The Morgan fingerprint density at radius 1 is 1.06 bits per heavy atom. The highest BCUT2D eigenvalue weighted by Crippen LogP contribution is 2.46. The quantitative estimate of drug-likeness (QED) is 0.749. The maximum absolute atomic E-state index is 6.07. The van der Waals surface area contributed by atoms with Crippen LogP contribution < -0.4 is 11.1 Å². The summed E-state index contributed by atoms with van der Waals surface area (Å²) in [6, 6.07) is 0. The van der Waals surface area contributed by atoms with Crippen molar-refractivity contribution in [2.24, 2.45) is 23.5 Å². The molecule has 0 saturated heterocycles. The molecule has 0 aromatic carbocycles. The first-order valence-electron chi connectivity index (χ1n) is 7.26. The average molecular weight is 222 g/mol. The maximum Gasteiger partial charge on any atom is 0.0306 e. The van der Waals surface area contributed by atoms with Crippen LogP contribution in [0.2, 0.25) is 0 Å². The Hall–Kier alpha value is -0.0800. The summed E-state index contributed by atoms with van der Waals surface area (Å²) in [6.07, 6.45) is 11.4. The molecule has 3 fully saturated rings. The Morgan fingerprint density at radius 2 is 1.88 bits per heavy atom. The second-order valence-electron chi connectivity index (χ2n) is 6.50. The molecule has 0 bridgehead atoms. The van der Waals surface area contributed by atoms with Crippen LogP contribution in [0.3, 0.4) is 0 Å². The zero-order valence-electron chi connectivity index (χ0n) is 10.4. The van der Waals surface area contributed by atoms with Gasteiger partial charge in [-0.2, -0.15) is 0 Å². The molecule has 0 aromatic rings. The second kappa shape index (κ2) is 4.30. The predicted octanol–water partition coefficient (Wildman–Crippen LogP) is 2.28. The molecule has 2 atom stereocenters. The number of nitrogens with one attached hydrogen (secondary N) is 1. The van der Waals surface area contributed by atoms with Gasteiger partial charge in [-0.05, 0) is 62.8 Å². The van der Waals surface area contributed by atoms with Crippen molar-refractivity contribution in [3.05, 3.63) is 0 Å². The van der Waals surface area contributed by atoms with E-state index in [0.29, 0.717) is 5.54 Å². The number of hydrogen-bond donors (Lipinski definition) is 2. The van der Waals surface area contributed by atoms with Crippen LogP contribution in [-0.2, 0) is 0 Å². The van der Waals surface area contributed by atoms with Crippen LogP contribution in [0.15, 0.2) is 0 Å². The average Bonchev–Trinajstić information content (AvgIpc) is 3.20. The second-order valence-corrected chi connectivity index (χ2v) is 6.50. The monoisotopic (exact) mass is 222 g/mol. The van der Waals surface area contributed by atoms with E-state index in [0.717, 1.165) is 24.3 Å². The van der Waals surface area contributed by atoms with Crippen molar-refractivity contribution in [2.45, 2.75) is 56.9 Å². The van der Waals surface area contributed by atoms with Gasteiger partial charge >= 0.3 is 0 Å². The van der Waals surface area contributed by atoms with Gasteiger partial charge in [0.15, 0.2) is 0 Å². The summed E-state index contributed by atoms with van der Waals surface area (Å²) in [5, 5.41) is 3.83. The highest BCUT2D eigenvalue weighted by molar-refractivity contribution is 4.99. The third-order valence-corrected chi connectivity index (χ3v) is 5.03. The van der Waals surface area contributed by atoms with Gasteiger partial charge in [0.25, 0.3) is 0 Å². The molecular formula is C14H26N2. The topological polar surface area (TPSA) is 38.0 Å². The summed E-state index contributed by atoms with van der Waals surface area (Å²) >= 11 is 0. The Labute approximate surface area is 99.4 Å². The standard InChI is InChI=1S/C14H26N2/c15-10-14(16-9-11-3-4-11)7-1-2-13(8-14)12-5-6-12/h11-13,16H,1-10,15H2. The predicted molar refractivity (Wildman–Crippen MR) is 67.2 cm³/mol. The van der Waals surface area contributed by atoms with Crippen LogP contribution in [0.5, 0.6) is 0 Å². The highest BCUT2D eigenvalue weighted by atomic mass is 15.0. The summed E-state index contributed by atoms with van der Waals surface area (Å²) in [4.78, 5) is 0. The summed E-state index contributed by atoms with van der Waals surface area (Å²) in [5.74, 6) is 3.03. The fraction of sp³-hybridized carbons (Fsp3) is 1.00. The SMILES string of the molecule is NCC1(NCC2CC2)CCCC(C2CC2)C1. The fourth-order valence-corrected chi connectivity index (χ4v) is 3.48. The lowest BCUT2D eigenvalue weighted by atomic mass is 9.73. The van der Waals surface area contributed by atoms with E-state index in [2.05, 4.69) is 5.32 Å². The third kappa shape index (κ3) is 2.43. The number of rotatable bonds is 5. The molecule has 2 unspecified atom stereocenters. The van der Waals surface area contributed by atoms with E-state index in [1.165, 1.54) is 57.9 Å². The molecule has 0 aliphatic heterocycles. The molecule has 0 spiro atoms. The first kappa shape index (κ1) is 11.0. The van der Waals surface area contributed by atoms with Gasteiger partial charge < -0.3 is 11.1 Å². The molecule has 0 aromatic heterocycles. The molecule has 2 heteroatoms. The number of nitrogens with two attached hydrogens (primary N) is 1. The van der Waals surface area contributed by atoms with Gasteiger partial charge in [-0.3, -0.25) is 0 Å². The van der Waals surface area contributed by atoms with E-state index in [1.807, 2.05) is 0 Å². The van der Waals surface area contributed by atoms with Crippen LogP contribution in [0.1, 0.15) is 51.4 Å². The van der Waals surface area contributed by atoms with Crippen molar-refractivity contribution in [3.63, 3.8) is 0 Å². The third-order valence-electron chi connectivity index (χ3n) is 5.03. The fourth-order valence-electron chi connectivity index (χ4n) is 3.48. The molecule has 16 heavy (non-hydrogen) atoms. The van der Waals surface area contributed by atoms with Crippen LogP contribution in [0, 0.1) is 17.8 Å². The molecule has 3 saturated carbocycles. The first-order chi connectivity index (χ1) is 7.81. The van der Waals surface area contributed by atoms with Crippen LogP contribution in [0.4, 0.5) is 0 Å². The summed E-state index contributed by atoms with van der Waals surface area (Å²) in [6.45, 7) is 2.08. The molecule has 3 aliphatic rings. The van der Waals surface area contributed by atoms with Gasteiger partial charge in [0.1, 0.15) is 0 Å². The van der Waals surface area contributed by atoms with Gasteiger partial charge in [0.05, 0.1) is 0 Å². The molecule has 0 amide bonds. The van der Waals surface area contributed by atoms with E-state index in [9.17, 15) is 0 Å². The van der Waals surface area contributed by atoms with Crippen LogP contribution >= 0.6 is 0 Å². The van der Waals surface area contributed by atoms with Gasteiger partial charge in [-0.15, -0.1) is 0 Å². The molecule has 92 valence electrons. The molecule has 3 rings (SSSR count). The lowest BCUT2D eigenvalue weighted by Gasteiger charge is -2.41. The normalized spacial score (nSPS) is 39.9. The largest absolute Gasteiger partial charge is 0.329 e. The van der Waals surface area contributed by atoms with Crippen molar-refractivity contribution in [2.75, 3.05) is 13.1 Å². The van der Waals surface area contributed by atoms with Gasteiger partial charge in [0.2, 0.25) is 0 Å². The van der Waals surface area contributed by atoms with Crippen molar-refractivity contribution in [3.8, 4) is 0 Å². The Kier molecular flexibility index (Phi) is 2.97. The minimum Gasteiger partial charge on any atom is -0.329 e. The Morgan fingerprint density at radius 3 is 2.50 bits per heavy atom. The Balaban J connectivity index is 1.57. The minimum absolute atomic E-state index is 0.314. The Bertz CT molecular complexity index is 245. The molecular weight excluding hydrogens is 196 g/mol. The summed E-state index contributed by atoms with van der Waals surface area (Å²) in [7, 11) is 0. The van der Waals surface area contributed by atoms with E-state index < -0.39 is 0 Å². The summed E-state index contributed by atoms with van der Waals surface area (Å²) in [5.41, 5.74) is 6.38. The molecule has 0 heterocycles. The minimum atomic E-state index is 0.314. The van der Waals surface area contributed by atoms with Crippen molar-refractivity contribution >= 4 is 0 Å². The maximum atomic E-state index is 6.07. The van der Waals surface area contributed by atoms with Gasteiger partial charge in [0, 0.05) is 12.1 Å². The lowest BCUT2D eigenvalue weighted by molar-refractivity contribution is 0.168. The van der Waals surface area contributed by atoms with Crippen LogP contribution in [0.25, 0.3) is 0 Å². The molecule has 3 N–H and O–H groups in total. The first-order valence-corrected chi connectivity index (χ1v) is 7.26. The zero-order chi connectivity index (χ0) is 11.0. The smallest absolute Gasteiger partial charge is 0.0306 e. The number of hydrogen-bond acceptors (Lipinski definition) is 2. The molecule has 0 radical (unpaired) electrons. The van der Waals surface area contributed by atoms with E-state index in [4.69, 9.17) is 5.73 Å². The molecule has 3 aliphatic carbocycles. The zero-order valence-corrected chi connectivity index (χ0v) is 10.4. The van der Waals surface area contributed by atoms with Gasteiger partial charge in [-0.1, -0.05) is 12.8 Å². The van der Waals surface area contributed by atoms with Crippen molar-refractivity contribution in [1.29, 1.82) is 0 Å². The lowest BCUT2D eigenvalue weighted by Crippen LogP contribution is -2.54. The highest BCUT2D eigenvalue weighted by Gasteiger charge is 2.41. The van der Waals surface area contributed by atoms with Gasteiger partial charge in [-0.25, -0.2) is 0 Å². The van der Waals surface area contributed by atoms with Crippen molar-refractivity contribution in [1.82, 2.24) is 5.32 Å². The van der Waals surface area contributed by atoms with E-state index >= 15 is 0 Å². The van der Waals surface area contributed by atoms with E-state index in [-0.39, 0.29) is 0 Å². The summed E-state index contributed by atoms with van der Waals surface area (Å²) < 4.78 is 0.